The summed E-state index contributed by atoms with van der Waals surface area (Å²) in [5.74, 6) is 0. The maximum absolute atomic E-state index is 12.8. The SMILES string of the molecule is CC(C)(C)OC(=O)N[C@H]1CC[C@H](N(C(=O)O)c2cc(CCCNC(=O)OCc3ccccc3)ccc2-c2ccccc2)CC1. The minimum Gasteiger partial charge on any atom is -0.465 e. The Morgan fingerprint density at radius 2 is 1.52 bits per heavy atom. The summed E-state index contributed by atoms with van der Waals surface area (Å²) in [4.78, 5) is 38.7. The van der Waals surface area contributed by atoms with Crippen molar-refractivity contribution in [3.8, 4) is 11.1 Å². The van der Waals surface area contributed by atoms with Gasteiger partial charge < -0.3 is 25.2 Å². The van der Waals surface area contributed by atoms with Gasteiger partial charge in [-0.05, 0) is 82.1 Å². The van der Waals surface area contributed by atoms with Crippen LogP contribution in [-0.2, 0) is 22.5 Å². The van der Waals surface area contributed by atoms with E-state index >= 15 is 0 Å². The van der Waals surface area contributed by atoms with Crippen LogP contribution in [0.3, 0.4) is 0 Å². The zero-order valence-corrected chi connectivity index (χ0v) is 25.8. The number of ether oxygens (including phenoxy) is 2. The molecule has 3 amide bonds. The van der Waals surface area contributed by atoms with Crippen LogP contribution in [0.4, 0.5) is 20.1 Å². The molecule has 0 aromatic heterocycles. The van der Waals surface area contributed by atoms with Gasteiger partial charge in [0.2, 0.25) is 0 Å². The van der Waals surface area contributed by atoms with Crippen molar-refractivity contribution in [3.63, 3.8) is 0 Å². The third kappa shape index (κ3) is 9.76. The highest BCUT2D eigenvalue weighted by atomic mass is 16.6. The van der Waals surface area contributed by atoms with Crippen molar-refractivity contribution in [3.05, 3.63) is 90.0 Å². The summed E-state index contributed by atoms with van der Waals surface area (Å²) in [6.45, 7) is 6.11. The molecule has 1 fully saturated rings. The lowest BCUT2D eigenvalue weighted by atomic mass is 9.89. The number of carbonyl (C=O) groups excluding carboxylic acids is 2. The molecule has 0 bridgehead atoms. The normalized spacial score (nSPS) is 16.4. The second-order valence-corrected chi connectivity index (χ2v) is 12.1. The minimum absolute atomic E-state index is 0.0662. The summed E-state index contributed by atoms with van der Waals surface area (Å²) in [6, 6.07) is 24.9. The molecule has 1 saturated carbocycles. The van der Waals surface area contributed by atoms with Crippen molar-refractivity contribution in [2.75, 3.05) is 11.4 Å². The van der Waals surface area contributed by atoms with Crippen molar-refractivity contribution < 1.29 is 29.0 Å². The Hall–Kier alpha value is -4.53. The highest BCUT2D eigenvalue weighted by Crippen LogP contribution is 2.36. The monoisotopic (exact) mass is 601 g/mol. The molecule has 0 saturated heterocycles. The predicted molar refractivity (Wildman–Crippen MR) is 171 cm³/mol. The Bertz CT molecular complexity index is 1380. The van der Waals surface area contributed by atoms with Gasteiger partial charge in [0.1, 0.15) is 12.2 Å². The van der Waals surface area contributed by atoms with Crippen LogP contribution in [-0.4, -0.2) is 47.6 Å². The van der Waals surface area contributed by atoms with Gasteiger partial charge in [-0.1, -0.05) is 72.8 Å². The molecular formula is C35H43N3O6. The number of carboxylic acid groups (broad SMARTS) is 1. The number of aryl methyl sites for hydroxylation is 1. The molecule has 234 valence electrons. The summed E-state index contributed by atoms with van der Waals surface area (Å²) >= 11 is 0. The molecule has 0 radical (unpaired) electrons. The third-order valence-corrected chi connectivity index (χ3v) is 7.52. The lowest BCUT2D eigenvalue weighted by Gasteiger charge is -2.36. The highest BCUT2D eigenvalue weighted by molar-refractivity contribution is 5.93. The lowest BCUT2D eigenvalue weighted by Crippen LogP contribution is -2.47. The van der Waals surface area contributed by atoms with Crippen LogP contribution in [0.25, 0.3) is 11.1 Å². The number of alkyl carbamates (subject to hydrolysis) is 2. The maximum atomic E-state index is 12.8. The summed E-state index contributed by atoms with van der Waals surface area (Å²) in [5, 5.41) is 16.2. The van der Waals surface area contributed by atoms with E-state index in [0.717, 1.165) is 22.3 Å². The molecule has 0 atom stereocenters. The Balaban J connectivity index is 1.41. The van der Waals surface area contributed by atoms with Crippen molar-refractivity contribution in [1.29, 1.82) is 0 Å². The molecular weight excluding hydrogens is 558 g/mol. The van der Waals surface area contributed by atoms with E-state index < -0.39 is 23.9 Å². The Morgan fingerprint density at radius 1 is 0.864 bits per heavy atom. The van der Waals surface area contributed by atoms with Gasteiger partial charge in [0.15, 0.2) is 0 Å². The first-order valence-electron chi connectivity index (χ1n) is 15.2. The molecule has 0 unspecified atom stereocenters. The zero-order valence-electron chi connectivity index (χ0n) is 25.8. The van der Waals surface area contributed by atoms with Gasteiger partial charge in [0.05, 0.1) is 5.69 Å². The van der Waals surface area contributed by atoms with Crippen LogP contribution in [0.1, 0.15) is 64.0 Å². The first-order valence-corrected chi connectivity index (χ1v) is 15.2. The van der Waals surface area contributed by atoms with Crippen molar-refractivity contribution in [1.82, 2.24) is 10.6 Å². The van der Waals surface area contributed by atoms with Crippen LogP contribution in [0.5, 0.6) is 0 Å². The van der Waals surface area contributed by atoms with E-state index in [1.165, 1.54) is 4.90 Å². The van der Waals surface area contributed by atoms with Crippen molar-refractivity contribution >= 4 is 24.0 Å². The summed E-state index contributed by atoms with van der Waals surface area (Å²) in [7, 11) is 0. The van der Waals surface area contributed by atoms with Gasteiger partial charge in [-0.15, -0.1) is 0 Å². The average Bonchev–Trinajstić information content (AvgIpc) is 2.99. The van der Waals surface area contributed by atoms with Crippen molar-refractivity contribution in [2.45, 2.75) is 83.6 Å². The summed E-state index contributed by atoms with van der Waals surface area (Å²) in [6.07, 6.45) is 1.92. The van der Waals surface area contributed by atoms with E-state index in [2.05, 4.69) is 10.6 Å². The number of amides is 3. The molecule has 0 aliphatic heterocycles. The molecule has 9 heteroatoms. The molecule has 0 heterocycles. The van der Waals surface area contributed by atoms with E-state index in [1.54, 1.807) is 0 Å². The van der Waals surface area contributed by atoms with Gasteiger partial charge in [0.25, 0.3) is 0 Å². The van der Waals surface area contributed by atoms with E-state index in [-0.39, 0.29) is 18.7 Å². The maximum Gasteiger partial charge on any atom is 0.412 e. The molecule has 9 nitrogen and oxygen atoms in total. The van der Waals surface area contributed by atoms with Crippen LogP contribution >= 0.6 is 0 Å². The molecule has 0 spiro atoms. The van der Waals surface area contributed by atoms with Gasteiger partial charge >= 0.3 is 18.3 Å². The molecule has 3 aromatic carbocycles. The summed E-state index contributed by atoms with van der Waals surface area (Å²) in [5.41, 5.74) is 3.73. The molecule has 4 rings (SSSR count). The van der Waals surface area contributed by atoms with Crippen LogP contribution < -0.4 is 15.5 Å². The van der Waals surface area contributed by atoms with E-state index in [4.69, 9.17) is 9.47 Å². The number of rotatable bonds is 10. The molecule has 3 aromatic rings. The fourth-order valence-electron chi connectivity index (χ4n) is 5.46. The van der Waals surface area contributed by atoms with E-state index in [9.17, 15) is 19.5 Å². The molecule has 1 aliphatic rings. The topological polar surface area (TPSA) is 117 Å². The fourth-order valence-corrected chi connectivity index (χ4v) is 5.46. The third-order valence-electron chi connectivity index (χ3n) is 7.52. The van der Waals surface area contributed by atoms with E-state index in [0.29, 0.717) is 50.8 Å². The number of nitrogens with zero attached hydrogens (tertiary/aromatic N) is 1. The second kappa shape index (κ2) is 15.3. The van der Waals surface area contributed by atoms with Crippen molar-refractivity contribution in [2.24, 2.45) is 0 Å². The Labute approximate surface area is 259 Å². The smallest absolute Gasteiger partial charge is 0.412 e. The average molecular weight is 602 g/mol. The van der Waals surface area contributed by atoms with Gasteiger partial charge in [-0.25, -0.2) is 14.4 Å². The number of hydrogen-bond acceptors (Lipinski definition) is 5. The molecule has 1 aliphatic carbocycles. The molecule has 44 heavy (non-hydrogen) atoms. The van der Waals surface area contributed by atoms with Crippen LogP contribution in [0, 0.1) is 0 Å². The van der Waals surface area contributed by atoms with Gasteiger partial charge in [-0.3, -0.25) is 4.90 Å². The Kier molecular flexibility index (Phi) is 11.2. The number of anilines is 1. The van der Waals surface area contributed by atoms with E-state index in [1.807, 2.05) is 99.6 Å². The minimum atomic E-state index is -1.01. The first-order chi connectivity index (χ1) is 21.1. The predicted octanol–water partition coefficient (Wildman–Crippen LogP) is 7.53. The number of carbonyl (C=O) groups is 3. The van der Waals surface area contributed by atoms with Gasteiger partial charge in [0, 0.05) is 24.2 Å². The van der Waals surface area contributed by atoms with Crippen LogP contribution in [0.15, 0.2) is 78.9 Å². The fraction of sp³-hybridized carbons (Fsp3) is 0.400. The largest absolute Gasteiger partial charge is 0.465 e. The highest BCUT2D eigenvalue weighted by Gasteiger charge is 2.32. The standard InChI is InChI=1S/C35H43N3O6/c1-35(2,3)44-33(40)37-28-17-19-29(20-18-28)38(34(41)42)31-23-25(16-21-30(31)27-14-8-5-9-15-27)13-10-22-36-32(39)43-24-26-11-6-4-7-12-26/h4-9,11-12,14-16,21,23,28-29H,10,13,17-20,22,24H2,1-3H3,(H,36,39)(H,37,40)(H,41,42)/t28-,29-. The number of benzene rings is 3. The Morgan fingerprint density at radius 3 is 2.16 bits per heavy atom. The quantitative estimate of drug-likeness (QED) is 0.207. The van der Waals surface area contributed by atoms with Crippen LogP contribution in [0.2, 0.25) is 0 Å². The van der Waals surface area contributed by atoms with Gasteiger partial charge in [-0.2, -0.15) is 0 Å². The first kappa shape index (κ1) is 32.4. The second-order valence-electron chi connectivity index (χ2n) is 12.1. The molecule has 3 N–H and O–H groups in total. The summed E-state index contributed by atoms with van der Waals surface area (Å²) < 4.78 is 10.7. The number of hydrogen-bond donors (Lipinski definition) is 3. The lowest BCUT2D eigenvalue weighted by molar-refractivity contribution is 0.0490. The number of nitrogens with one attached hydrogen (secondary N) is 2. The zero-order chi connectivity index (χ0) is 31.5.